The van der Waals surface area contributed by atoms with Crippen molar-refractivity contribution in [2.45, 2.75) is 51.2 Å². The molecule has 1 saturated heterocycles. The second-order valence-electron chi connectivity index (χ2n) is 8.90. The van der Waals surface area contributed by atoms with E-state index in [1.165, 1.54) is 29.5 Å². The lowest BCUT2D eigenvalue weighted by Crippen LogP contribution is -2.43. The molecule has 0 aromatic heterocycles. The predicted octanol–water partition coefficient (Wildman–Crippen LogP) is 3.21. The molecule has 5 heteroatoms. The second kappa shape index (κ2) is 10.9. The lowest BCUT2D eigenvalue weighted by molar-refractivity contribution is 0.0868. The van der Waals surface area contributed by atoms with Crippen LogP contribution in [-0.4, -0.2) is 59.6 Å². The molecule has 4 rings (SSSR count). The van der Waals surface area contributed by atoms with Crippen LogP contribution in [0.5, 0.6) is 0 Å². The summed E-state index contributed by atoms with van der Waals surface area (Å²) in [5.41, 5.74) is 4.87. The summed E-state index contributed by atoms with van der Waals surface area (Å²) < 4.78 is 0. The number of benzene rings is 2. The van der Waals surface area contributed by atoms with E-state index < -0.39 is 0 Å². The highest BCUT2D eigenvalue weighted by Crippen LogP contribution is 2.20. The van der Waals surface area contributed by atoms with Gasteiger partial charge in [-0.3, -0.25) is 14.6 Å². The maximum Gasteiger partial charge on any atom is 0.251 e. The highest BCUT2D eigenvalue weighted by molar-refractivity contribution is 5.94. The summed E-state index contributed by atoms with van der Waals surface area (Å²) in [6.07, 6.45) is 5.52. The van der Waals surface area contributed by atoms with E-state index in [1.54, 1.807) is 0 Å². The number of carbonyl (C=O) groups excluding carboxylic acids is 1. The zero-order chi connectivity index (χ0) is 21.5. The first-order chi connectivity index (χ1) is 15.2. The van der Waals surface area contributed by atoms with Gasteiger partial charge in [-0.25, -0.2) is 0 Å². The Bertz CT molecular complexity index is 852. The average Bonchev–Trinajstić information content (AvgIpc) is 2.82. The van der Waals surface area contributed by atoms with Crippen molar-refractivity contribution < 1.29 is 9.90 Å². The Kier molecular flexibility index (Phi) is 7.73. The van der Waals surface area contributed by atoms with Gasteiger partial charge in [0.25, 0.3) is 5.91 Å². The molecule has 2 aliphatic rings. The summed E-state index contributed by atoms with van der Waals surface area (Å²) in [5, 5.41) is 12.6. The Labute approximate surface area is 186 Å². The second-order valence-corrected chi connectivity index (χ2v) is 8.90. The highest BCUT2D eigenvalue weighted by Gasteiger charge is 2.21. The number of nitrogens with zero attached hydrogens (tertiary/aromatic N) is 2. The SMILES string of the molecule is O=C(NCCCN1CCCC[C@@H]1CO)c1ccc(CN2CCc3ccccc3C2)cc1. The van der Waals surface area contributed by atoms with Gasteiger partial charge in [-0.05, 0) is 61.1 Å². The Morgan fingerprint density at radius 3 is 2.65 bits per heavy atom. The Morgan fingerprint density at radius 1 is 1.03 bits per heavy atom. The molecule has 5 nitrogen and oxygen atoms in total. The van der Waals surface area contributed by atoms with Crippen molar-refractivity contribution in [1.29, 1.82) is 0 Å². The van der Waals surface area contributed by atoms with Gasteiger partial charge >= 0.3 is 0 Å². The molecule has 2 N–H and O–H groups in total. The lowest BCUT2D eigenvalue weighted by atomic mass is 9.99. The van der Waals surface area contributed by atoms with Crippen LogP contribution in [0.4, 0.5) is 0 Å². The minimum Gasteiger partial charge on any atom is -0.395 e. The number of nitrogens with one attached hydrogen (secondary N) is 1. The molecule has 166 valence electrons. The van der Waals surface area contributed by atoms with E-state index >= 15 is 0 Å². The normalized spacial score (nSPS) is 19.7. The monoisotopic (exact) mass is 421 g/mol. The molecule has 2 aliphatic heterocycles. The van der Waals surface area contributed by atoms with Crippen molar-refractivity contribution in [2.75, 3.05) is 32.8 Å². The topological polar surface area (TPSA) is 55.8 Å². The summed E-state index contributed by atoms with van der Waals surface area (Å²) in [7, 11) is 0. The van der Waals surface area contributed by atoms with Gasteiger partial charge < -0.3 is 10.4 Å². The van der Waals surface area contributed by atoms with E-state index in [2.05, 4.69) is 51.5 Å². The van der Waals surface area contributed by atoms with Crippen LogP contribution in [0.25, 0.3) is 0 Å². The number of hydrogen-bond donors (Lipinski definition) is 2. The molecular formula is C26H35N3O2. The van der Waals surface area contributed by atoms with Crippen LogP contribution in [0, 0.1) is 0 Å². The Hall–Kier alpha value is -2.21. The fourth-order valence-electron chi connectivity index (χ4n) is 4.86. The number of aliphatic hydroxyl groups is 1. The number of fused-ring (bicyclic) bond motifs is 1. The molecule has 0 bridgehead atoms. The Balaban J connectivity index is 1.20. The van der Waals surface area contributed by atoms with Gasteiger partial charge in [-0.2, -0.15) is 0 Å². The summed E-state index contributed by atoms with van der Waals surface area (Å²) in [5.74, 6) is -0.00389. The van der Waals surface area contributed by atoms with Gasteiger partial charge in [0.1, 0.15) is 0 Å². The first-order valence-electron chi connectivity index (χ1n) is 11.7. The van der Waals surface area contributed by atoms with E-state index in [4.69, 9.17) is 0 Å². The molecule has 2 heterocycles. The van der Waals surface area contributed by atoms with Crippen LogP contribution in [0.1, 0.15) is 52.7 Å². The molecule has 2 aromatic carbocycles. The zero-order valence-corrected chi connectivity index (χ0v) is 18.4. The molecule has 0 radical (unpaired) electrons. The average molecular weight is 422 g/mol. The van der Waals surface area contributed by atoms with Gasteiger partial charge in [-0.15, -0.1) is 0 Å². The largest absolute Gasteiger partial charge is 0.395 e. The van der Waals surface area contributed by atoms with Gasteiger partial charge in [0, 0.05) is 44.3 Å². The van der Waals surface area contributed by atoms with Gasteiger partial charge in [0.2, 0.25) is 0 Å². The van der Waals surface area contributed by atoms with Gasteiger partial charge in [0.05, 0.1) is 6.61 Å². The minimum absolute atomic E-state index is 0.00389. The van der Waals surface area contributed by atoms with Crippen molar-refractivity contribution in [3.8, 4) is 0 Å². The molecule has 1 atom stereocenters. The molecular weight excluding hydrogens is 386 g/mol. The number of likely N-dealkylation sites (tertiary alicyclic amines) is 1. The number of piperidine rings is 1. The first kappa shape index (κ1) is 22.0. The molecule has 0 aliphatic carbocycles. The quantitative estimate of drug-likeness (QED) is 0.643. The van der Waals surface area contributed by atoms with Crippen molar-refractivity contribution in [3.05, 3.63) is 70.8 Å². The van der Waals surface area contributed by atoms with Crippen molar-refractivity contribution >= 4 is 5.91 Å². The molecule has 1 fully saturated rings. The summed E-state index contributed by atoms with van der Waals surface area (Å²) in [6, 6.07) is 17.0. The third kappa shape index (κ3) is 5.94. The molecule has 0 spiro atoms. The van der Waals surface area contributed by atoms with E-state index in [9.17, 15) is 9.90 Å². The number of hydrogen-bond acceptors (Lipinski definition) is 4. The number of carbonyl (C=O) groups is 1. The number of rotatable bonds is 8. The summed E-state index contributed by atoms with van der Waals surface area (Å²) in [4.78, 5) is 17.3. The van der Waals surface area contributed by atoms with Gasteiger partial charge in [0.15, 0.2) is 0 Å². The van der Waals surface area contributed by atoms with Crippen LogP contribution in [0.15, 0.2) is 48.5 Å². The van der Waals surface area contributed by atoms with Crippen LogP contribution < -0.4 is 5.32 Å². The molecule has 0 unspecified atom stereocenters. The van der Waals surface area contributed by atoms with Crippen molar-refractivity contribution in [1.82, 2.24) is 15.1 Å². The van der Waals surface area contributed by atoms with Crippen molar-refractivity contribution in [2.24, 2.45) is 0 Å². The fraction of sp³-hybridized carbons (Fsp3) is 0.500. The van der Waals surface area contributed by atoms with Crippen LogP contribution in [-0.2, 0) is 19.5 Å². The maximum atomic E-state index is 12.5. The van der Waals surface area contributed by atoms with Crippen LogP contribution in [0.2, 0.25) is 0 Å². The highest BCUT2D eigenvalue weighted by atomic mass is 16.3. The first-order valence-corrected chi connectivity index (χ1v) is 11.7. The molecule has 1 amide bonds. The fourth-order valence-corrected chi connectivity index (χ4v) is 4.86. The third-order valence-corrected chi connectivity index (χ3v) is 6.70. The lowest BCUT2D eigenvalue weighted by Gasteiger charge is -2.34. The van der Waals surface area contributed by atoms with E-state index in [0.29, 0.717) is 12.6 Å². The number of aliphatic hydroxyl groups excluding tert-OH is 1. The van der Waals surface area contributed by atoms with Crippen molar-refractivity contribution in [3.63, 3.8) is 0 Å². The van der Waals surface area contributed by atoms with E-state index in [0.717, 1.165) is 57.5 Å². The van der Waals surface area contributed by atoms with E-state index in [-0.39, 0.29) is 12.5 Å². The van der Waals surface area contributed by atoms with E-state index in [1.807, 2.05) is 12.1 Å². The predicted molar refractivity (Wildman–Crippen MR) is 124 cm³/mol. The number of amides is 1. The third-order valence-electron chi connectivity index (χ3n) is 6.70. The van der Waals surface area contributed by atoms with Crippen LogP contribution in [0.3, 0.4) is 0 Å². The molecule has 2 aromatic rings. The molecule has 31 heavy (non-hydrogen) atoms. The minimum atomic E-state index is -0.00389. The zero-order valence-electron chi connectivity index (χ0n) is 18.4. The van der Waals surface area contributed by atoms with Gasteiger partial charge in [-0.1, -0.05) is 42.8 Å². The smallest absolute Gasteiger partial charge is 0.251 e. The Morgan fingerprint density at radius 2 is 1.84 bits per heavy atom. The standard InChI is InChI=1S/C26H35N3O2/c30-20-25-8-3-4-15-29(25)16-5-14-27-26(31)23-11-9-21(10-12-23)18-28-17-13-22-6-1-2-7-24(22)19-28/h1-2,6-7,9-12,25,30H,3-5,8,13-20H2,(H,27,31)/t25-/m1/s1. The summed E-state index contributed by atoms with van der Waals surface area (Å²) in [6.45, 7) is 5.88. The van der Waals surface area contributed by atoms with Crippen LogP contribution >= 0.6 is 0 Å². The molecule has 0 saturated carbocycles. The maximum absolute atomic E-state index is 12.5. The summed E-state index contributed by atoms with van der Waals surface area (Å²) >= 11 is 0.